The second-order valence-corrected chi connectivity index (χ2v) is 5.66. The van der Waals surface area contributed by atoms with Gasteiger partial charge in [-0.2, -0.15) is 0 Å². The van der Waals surface area contributed by atoms with E-state index in [2.05, 4.69) is 15.0 Å². The van der Waals surface area contributed by atoms with Gasteiger partial charge in [0.2, 0.25) is 0 Å². The van der Waals surface area contributed by atoms with Crippen molar-refractivity contribution in [3.63, 3.8) is 0 Å². The fourth-order valence-corrected chi connectivity index (χ4v) is 2.86. The molecule has 3 aromatic heterocycles. The molecule has 4 heterocycles. The molecule has 1 fully saturated rings. The number of H-pyrrole nitrogens is 1. The zero-order valence-corrected chi connectivity index (χ0v) is 12.1. The summed E-state index contributed by atoms with van der Waals surface area (Å²) in [4.78, 5) is 13.5. The van der Waals surface area contributed by atoms with Crippen molar-refractivity contribution in [1.29, 1.82) is 0 Å². The maximum absolute atomic E-state index is 13.2. The summed E-state index contributed by atoms with van der Waals surface area (Å²) in [5.74, 6) is 0.164. The van der Waals surface area contributed by atoms with E-state index in [1.807, 2.05) is 17.0 Å². The minimum absolute atomic E-state index is 0.228. The fourth-order valence-electron chi connectivity index (χ4n) is 2.61. The van der Waals surface area contributed by atoms with Crippen molar-refractivity contribution in [3.05, 3.63) is 41.4 Å². The fraction of sp³-hybridized carbons (Fsp3) is 0.200. The third-order valence-corrected chi connectivity index (χ3v) is 4.03. The minimum atomic E-state index is -0.822. The number of alkyl halides is 1. The number of nitrogens with one attached hydrogen (secondary N) is 1. The van der Waals surface area contributed by atoms with Crippen molar-refractivity contribution in [1.82, 2.24) is 15.0 Å². The van der Waals surface area contributed by atoms with Gasteiger partial charge in [0.1, 0.15) is 23.5 Å². The van der Waals surface area contributed by atoms with Gasteiger partial charge < -0.3 is 9.88 Å². The average Bonchev–Trinajstić information content (AvgIpc) is 2.91. The summed E-state index contributed by atoms with van der Waals surface area (Å²) in [5.41, 5.74) is 1.89. The van der Waals surface area contributed by atoms with Gasteiger partial charge >= 0.3 is 0 Å². The molecule has 4 nitrogen and oxygen atoms in total. The van der Waals surface area contributed by atoms with Crippen LogP contribution < -0.4 is 4.90 Å². The van der Waals surface area contributed by atoms with Crippen LogP contribution in [-0.2, 0) is 0 Å². The Labute approximate surface area is 129 Å². The van der Waals surface area contributed by atoms with Gasteiger partial charge in [-0.3, -0.25) is 4.98 Å². The van der Waals surface area contributed by atoms with E-state index in [0.29, 0.717) is 30.2 Å². The standard InChI is InChI=1S/C15H11ClF2N4/c16-12-3-8(17)5-20-14(12)11-4-13(22-6-9(18)7-22)21-15-10(11)1-2-19-15/h1-5,9H,6-7H2,(H,19,21). The summed E-state index contributed by atoms with van der Waals surface area (Å²) < 4.78 is 26.3. The summed E-state index contributed by atoms with van der Waals surface area (Å²) in [7, 11) is 0. The molecule has 0 bridgehead atoms. The van der Waals surface area contributed by atoms with Crippen LogP contribution in [0.15, 0.2) is 30.6 Å². The van der Waals surface area contributed by atoms with Crippen LogP contribution in [0, 0.1) is 5.82 Å². The van der Waals surface area contributed by atoms with Crippen LogP contribution in [0.2, 0.25) is 5.02 Å². The Bertz CT molecular complexity index is 858. The van der Waals surface area contributed by atoms with Crippen LogP contribution in [0.3, 0.4) is 0 Å². The lowest BCUT2D eigenvalue weighted by Crippen LogP contribution is -2.48. The molecule has 0 radical (unpaired) electrons. The lowest BCUT2D eigenvalue weighted by Gasteiger charge is -2.35. The Morgan fingerprint density at radius 2 is 2.14 bits per heavy atom. The second kappa shape index (κ2) is 4.91. The molecule has 7 heteroatoms. The molecule has 1 aliphatic rings. The highest BCUT2D eigenvalue weighted by Crippen LogP contribution is 2.35. The van der Waals surface area contributed by atoms with E-state index in [4.69, 9.17) is 11.6 Å². The number of hydrogen-bond donors (Lipinski definition) is 1. The van der Waals surface area contributed by atoms with Crippen molar-refractivity contribution in [2.45, 2.75) is 6.17 Å². The van der Waals surface area contributed by atoms with Crippen LogP contribution in [-0.4, -0.2) is 34.2 Å². The van der Waals surface area contributed by atoms with Gasteiger partial charge in [-0.25, -0.2) is 13.8 Å². The first-order chi connectivity index (χ1) is 10.6. The van der Waals surface area contributed by atoms with E-state index in [0.717, 1.165) is 17.1 Å². The number of aromatic amines is 1. The SMILES string of the molecule is Fc1cnc(-c2cc(N3CC(F)C3)nc3[nH]ccc23)c(Cl)c1. The lowest BCUT2D eigenvalue weighted by atomic mass is 10.1. The maximum Gasteiger partial charge on any atom is 0.143 e. The Morgan fingerprint density at radius 1 is 1.32 bits per heavy atom. The Balaban J connectivity index is 1.90. The van der Waals surface area contributed by atoms with Gasteiger partial charge in [0.15, 0.2) is 0 Å². The summed E-state index contributed by atoms with van der Waals surface area (Å²) in [6, 6.07) is 4.90. The van der Waals surface area contributed by atoms with Crippen LogP contribution >= 0.6 is 11.6 Å². The highest BCUT2D eigenvalue weighted by molar-refractivity contribution is 6.33. The zero-order chi connectivity index (χ0) is 15.3. The summed E-state index contributed by atoms with van der Waals surface area (Å²) >= 11 is 6.13. The molecule has 0 aromatic carbocycles. The normalized spacial score (nSPS) is 15.3. The molecule has 0 saturated carbocycles. The second-order valence-electron chi connectivity index (χ2n) is 5.25. The lowest BCUT2D eigenvalue weighted by molar-refractivity contribution is 0.273. The molecule has 4 rings (SSSR count). The van der Waals surface area contributed by atoms with Crippen LogP contribution in [0.1, 0.15) is 0 Å². The third kappa shape index (κ3) is 2.11. The topological polar surface area (TPSA) is 44.8 Å². The molecule has 22 heavy (non-hydrogen) atoms. The van der Waals surface area contributed by atoms with Crippen LogP contribution in [0.5, 0.6) is 0 Å². The summed E-state index contributed by atoms with van der Waals surface area (Å²) in [6.07, 6.45) is 2.06. The number of aromatic nitrogens is 3. The van der Waals surface area contributed by atoms with Crippen molar-refractivity contribution in [3.8, 4) is 11.3 Å². The molecule has 0 atom stereocenters. The highest BCUT2D eigenvalue weighted by Gasteiger charge is 2.28. The van der Waals surface area contributed by atoms with Gasteiger partial charge in [-0.15, -0.1) is 0 Å². The van der Waals surface area contributed by atoms with Crippen molar-refractivity contribution < 1.29 is 8.78 Å². The number of nitrogens with zero attached hydrogens (tertiary/aromatic N) is 3. The molecule has 1 saturated heterocycles. The highest BCUT2D eigenvalue weighted by atomic mass is 35.5. The molecule has 0 unspecified atom stereocenters. The first-order valence-electron chi connectivity index (χ1n) is 6.80. The summed E-state index contributed by atoms with van der Waals surface area (Å²) in [5, 5.41) is 1.06. The van der Waals surface area contributed by atoms with E-state index in [-0.39, 0.29) is 5.02 Å². The van der Waals surface area contributed by atoms with Gasteiger partial charge in [0.25, 0.3) is 0 Å². The van der Waals surface area contributed by atoms with E-state index < -0.39 is 12.0 Å². The van der Waals surface area contributed by atoms with Crippen LogP contribution in [0.4, 0.5) is 14.6 Å². The number of pyridine rings is 2. The number of halogens is 3. The molecule has 0 spiro atoms. The first-order valence-corrected chi connectivity index (χ1v) is 7.18. The monoisotopic (exact) mass is 320 g/mol. The minimum Gasteiger partial charge on any atom is -0.351 e. The van der Waals surface area contributed by atoms with Gasteiger partial charge in [-0.1, -0.05) is 11.6 Å². The Kier molecular flexibility index (Phi) is 3.00. The van der Waals surface area contributed by atoms with Crippen LogP contribution in [0.25, 0.3) is 22.3 Å². The quantitative estimate of drug-likeness (QED) is 0.785. The smallest absolute Gasteiger partial charge is 0.143 e. The molecular weight excluding hydrogens is 310 g/mol. The van der Waals surface area contributed by atoms with E-state index in [1.54, 1.807) is 6.20 Å². The van der Waals surface area contributed by atoms with Crippen molar-refractivity contribution in [2.24, 2.45) is 0 Å². The Hall–Kier alpha value is -2.21. The Morgan fingerprint density at radius 3 is 2.86 bits per heavy atom. The zero-order valence-electron chi connectivity index (χ0n) is 11.4. The van der Waals surface area contributed by atoms with Crippen molar-refractivity contribution >= 4 is 28.5 Å². The van der Waals surface area contributed by atoms with Crippen molar-refractivity contribution in [2.75, 3.05) is 18.0 Å². The van der Waals surface area contributed by atoms with E-state index in [9.17, 15) is 8.78 Å². The number of hydrogen-bond acceptors (Lipinski definition) is 3. The molecule has 1 aliphatic heterocycles. The molecule has 3 aromatic rings. The molecule has 0 aliphatic carbocycles. The van der Waals surface area contributed by atoms with Gasteiger partial charge in [-0.05, 0) is 18.2 Å². The van der Waals surface area contributed by atoms with E-state index in [1.165, 1.54) is 6.07 Å². The molecule has 112 valence electrons. The maximum atomic E-state index is 13.2. The number of fused-ring (bicyclic) bond motifs is 1. The van der Waals surface area contributed by atoms with E-state index >= 15 is 0 Å². The average molecular weight is 321 g/mol. The van der Waals surface area contributed by atoms with Gasteiger partial charge in [0, 0.05) is 17.1 Å². The largest absolute Gasteiger partial charge is 0.351 e. The predicted octanol–water partition coefficient (Wildman–Crippen LogP) is 3.58. The predicted molar refractivity (Wildman–Crippen MR) is 81.4 cm³/mol. The number of anilines is 1. The molecule has 0 amide bonds. The molecule has 1 N–H and O–H groups in total. The third-order valence-electron chi connectivity index (χ3n) is 3.74. The molecular formula is C15H11ClF2N4. The number of rotatable bonds is 2. The first kappa shape index (κ1) is 13.5. The summed E-state index contributed by atoms with van der Waals surface area (Å²) in [6.45, 7) is 0.645. The van der Waals surface area contributed by atoms with Gasteiger partial charge in [0.05, 0.1) is 30.0 Å².